The van der Waals surface area contributed by atoms with Gasteiger partial charge >= 0.3 is 5.97 Å². The predicted octanol–water partition coefficient (Wildman–Crippen LogP) is 1.49. The maximum Gasteiger partial charge on any atom is 0.329 e. The van der Waals surface area contributed by atoms with E-state index < -0.39 is 24.0 Å². The number of carbonyl (C=O) groups is 3. The number of esters is 1. The van der Waals surface area contributed by atoms with Crippen LogP contribution in [0.3, 0.4) is 0 Å². The van der Waals surface area contributed by atoms with Gasteiger partial charge in [0.25, 0.3) is 5.91 Å². The fourth-order valence-corrected chi connectivity index (χ4v) is 2.10. The van der Waals surface area contributed by atoms with Crippen LogP contribution in [0.5, 0.6) is 0 Å². The second-order valence-corrected chi connectivity index (χ2v) is 5.17. The van der Waals surface area contributed by atoms with Gasteiger partial charge in [0.1, 0.15) is 6.04 Å². The highest BCUT2D eigenvalue weighted by Crippen LogP contribution is 2.15. The Morgan fingerprint density at radius 1 is 1.48 bits per heavy atom. The third kappa shape index (κ3) is 4.19. The lowest BCUT2D eigenvalue weighted by molar-refractivity contribution is -0.155. The van der Waals surface area contributed by atoms with Gasteiger partial charge in [0.05, 0.1) is 0 Å². The summed E-state index contributed by atoms with van der Waals surface area (Å²) < 4.78 is 5.05. The molecular weight excluding hydrogens is 296 g/mol. The van der Waals surface area contributed by atoms with E-state index in [1.807, 2.05) is 0 Å². The Morgan fingerprint density at radius 2 is 2.24 bits per heavy atom. The highest BCUT2D eigenvalue weighted by atomic mass is 35.5. The zero-order valence-electron chi connectivity index (χ0n) is 11.4. The molecule has 0 unspecified atom stereocenters. The first-order chi connectivity index (χ1) is 9.95. The molecule has 1 aromatic rings. The van der Waals surface area contributed by atoms with Crippen LogP contribution >= 0.6 is 11.6 Å². The van der Waals surface area contributed by atoms with Crippen molar-refractivity contribution in [3.05, 3.63) is 29.3 Å². The molecule has 2 N–H and O–H groups in total. The van der Waals surface area contributed by atoms with Crippen LogP contribution in [0.25, 0.3) is 0 Å². The molecule has 0 saturated carbocycles. The van der Waals surface area contributed by atoms with Gasteiger partial charge in [-0.25, -0.2) is 4.79 Å². The Balaban J connectivity index is 1.87. The van der Waals surface area contributed by atoms with Gasteiger partial charge in [-0.2, -0.15) is 0 Å². The SMILES string of the molecule is C[C@@H](OC(=O)[C@@H]1CCC(=O)N1)C(=O)Nc1cccc(Cl)c1. The number of amides is 2. The molecule has 1 saturated heterocycles. The van der Waals surface area contributed by atoms with Gasteiger partial charge in [-0.05, 0) is 31.5 Å². The zero-order chi connectivity index (χ0) is 15.4. The van der Waals surface area contributed by atoms with E-state index in [4.69, 9.17) is 16.3 Å². The van der Waals surface area contributed by atoms with E-state index >= 15 is 0 Å². The quantitative estimate of drug-likeness (QED) is 0.825. The van der Waals surface area contributed by atoms with Crippen LogP contribution in [0.15, 0.2) is 24.3 Å². The number of rotatable bonds is 4. The summed E-state index contributed by atoms with van der Waals surface area (Å²) in [7, 11) is 0. The minimum absolute atomic E-state index is 0.187. The third-order valence-corrected chi connectivity index (χ3v) is 3.27. The fourth-order valence-electron chi connectivity index (χ4n) is 1.91. The number of hydrogen-bond acceptors (Lipinski definition) is 4. The molecule has 1 aromatic carbocycles. The molecular formula is C14H15ClN2O4. The van der Waals surface area contributed by atoms with Crippen molar-refractivity contribution in [2.75, 3.05) is 5.32 Å². The van der Waals surface area contributed by atoms with E-state index in [1.54, 1.807) is 24.3 Å². The summed E-state index contributed by atoms with van der Waals surface area (Å²) in [5, 5.41) is 5.58. The molecule has 0 aromatic heterocycles. The smallest absolute Gasteiger partial charge is 0.329 e. The van der Waals surface area contributed by atoms with Crippen LogP contribution in [-0.4, -0.2) is 29.9 Å². The minimum Gasteiger partial charge on any atom is -0.451 e. The molecule has 112 valence electrons. The van der Waals surface area contributed by atoms with E-state index in [-0.39, 0.29) is 5.91 Å². The molecule has 0 spiro atoms. The van der Waals surface area contributed by atoms with E-state index in [2.05, 4.69) is 10.6 Å². The molecule has 2 rings (SSSR count). The van der Waals surface area contributed by atoms with Gasteiger partial charge in [0.2, 0.25) is 5.91 Å². The molecule has 2 amide bonds. The average molecular weight is 311 g/mol. The van der Waals surface area contributed by atoms with Crippen LogP contribution in [-0.2, 0) is 19.1 Å². The van der Waals surface area contributed by atoms with Crippen LogP contribution in [0.4, 0.5) is 5.69 Å². The summed E-state index contributed by atoms with van der Waals surface area (Å²) in [6, 6.07) is 5.98. The van der Waals surface area contributed by atoms with E-state index in [1.165, 1.54) is 6.92 Å². The molecule has 1 aliphatic heterocycles. The number of nitrogens with one attached hydrogen (secondary N) is 2. The zero-order valence-corrected chi connectivity index (χ0v) is 12.1. The summed E-state index contributed by atoms with van der Waals surface area (Å²) in [4.78, 5) is 34.7. The van der Waals surface area contributed by atoms with Gasteiger partial charge in [0.15, 0.2) is 6.10 Å². The van der Waals surface area contributed by atoms with Crippen molar-refractivity contribution in [2.45, 2.75) is 31.9 Å². The Hall–Kier alpha value is -2.08. The van der Waals surface area contributed by atoms with Crippen LogP contribution in [0.1, 0.15) is 19.8 Å². The topological polar surface area (TPSA) is 84.5 Å². The van der Waals surface area contributed by atoms with Crippen LogP contribution < -0.4 is 10.6 Å². The summed E-state index contributed by atoms with van der Waals surface area (Å²) in [6.45, 7) is 1.47. The average Bonchev–Trinajstić information content (AvgIpc) is 2.85. The largest absolute Gasteiger partial charge is 0.451 e. The molecule has 1 heterocycles. The first-order valence-corrected chi connectivity index (χ1v) is 6.90. The fraction of sp³-hybridized carbons (Fsp3) is 0.357. The lowest BCUT2D eigenvalue weighted by Crippen LogP contribution is -2.39. The van der Waals surface area contributed by atoms with E-state index in [9.17, 15) is 14.4 Å². The lowest BCUT2D eigenvalue weighted by Gasteiger charge is -2.16. The maximum atomic E-state index is 11.9. The third-order valence-electron chi connectivity index (χ3n) is 3.03. The summed E-state index contributed by atoms with van der Waals surface area (Å²) in [6.07, 6.45) is -0.280. The van der Waals surface area contributed by atoms with Crippen LogP contribution in [0, 0.1) is 0 Å². The summed E-state index contributed by atoms with van der Waals surface area (Å²) in [5.74, 6) is -1.25. The van der Waals surface area contributed by atoms with Gasteiger partial charge in [-0.3, -0.25) is 9.59 Å². The van der Waals surface area contributed by atoms with Gasteiger partial charge < -0.3 is 15.4 Å². The monoisotopic (exact) mass is 310 g/mol. The molecule has 0 aliphatic carbocycles. The maximum absolute atomic E-state index is 11.9. The number of benzene rings is 1. The number of anilines is 1. The Labute approximate surface area is 126 Å². The van der Waals surface area contributed by atoms with E-state index in [0.29, 0.717) is 23.6 Å². The molecule has 0 bridgehead atoms. The Kier molecular flexibility index (Phi) is 4.80. The van der Waals surface area contributed by atoms with Crippen LogP contribution in [0.2, 0.25) is 5.02 Å². The first kappa shape index (κ1) is 15.3. The molecule has 6 nitrogen and oxygen atoms in total. The second-order valence-electron chi connectivity index (χ2n) is 4.74. The van der Waals surface area contributed by atoms with Crippen molar-refractivity contribution in [3.63, 3.8) is 0 Å². The predicted molar refractivity (Wildman–Crippen MR) is 76.8 cm³/mol. The highest BCUT2D eigenvalue weighted by Gasteiger charge is 2.30. The van der Waals surface area contributed by atoms with Gasteiger partial charge in [0, 0.05) is 17.1 Å². The van der Waals surface area contributed by atoms with Crippen molar-refractivity contribution in [2.24, 2.45) is 0 Å². The van der Waals surface area contributed by atoms with Gasteiger partial charge in [-0.1, -0.05) is 17.7 Å². The lowest BCUT2D eigenvalue weighted by atomic mass is 10.2. The number of halogens is 1. The standard InChI is InChI=1S/C14H15ClN2O4/c1-8(21-14(20)11-5-6-12(18)17-11)13(19)16-10-4-2-3-9(15)7-10/h2-4,7-8,11H,5-6H2,1H3,(H,16,19)(H,17,18)/t8-,11+/m1/s1. The summed E-state index contributed by atoms with van der Waals surface area (Å²) in [5.41, 5.74) is 0.518. The number of ether oxygens (including phenoxy) is 1. The number of carbonyl (C=O) groups excluding carboxylic acids is 3. The molecule has 1 aliphatic rings. The molecule has 7 heteroatoms. The van der Waals surface area contributed by atoms with Crippen molar-refractivity contribution >= 4 is 35.1 Å². The first-order valence-electron chi connectivity index (χ1n) is 6.52. The normalized spacial score (nSPS) is 18.8. The van der Waals surface area contributed by atoms with E-state index in [0.717, 1.165) is 0 Å². The van der Waals surface area contributed by atoms with Crippen molar-refractivity contribution < 1.29 is 19.1 Å². The van der Waals surface area contributed by atoms with Crippen molar-refractivity contribution in [1.82, 2.24) is 5.32 Å². The van der Waals surface area contributed by atoms with Gasteiger partial charge in [-0.15, -0.1) is 0 Å². The molecule has 1 fully saturated rings. The van der Waals surface area contributed by atoms with Crippen molar-refractivity contribution in [3.8, 4) is 0 Å². The van der Waals surface area contributed by atoms with Crippen molar-refractivity contribution in [1.29, 1.82) is 0 Å². The Morgan fingerprint density at radius 3 is 2.86 bits per heavy atom. The number of hydrogen-bond donors (Lipinski definition) is 2. The molecule has 0 radical (unpaired) electrons. The highest BCUT2D eigenvalue weighted by molar-refractivity contribution is 6.30. The Bertz CT molecular complexity index is 576. The second kappa shape index (κ2) is 6.58. The minimum atomic E-state index is -0.964. The molecule has 2 atom stereocenters. The summed E-state index contributed by atoms with van der Waals surface area (Å²) >= 11 is 5.82. The molecule has 21 heavy (non-hydrogen) atoms.